The zero-order chi connectivity index (χ0) is 22.5. The van der Waals surface area contributed by atoms with E-state index in [4.69, 9.17) is 4.74 Å². The molecule has 1 N–H and O–H groups in total. The third kappa shape index (κ3) is 5.14. The van der Waals surface area contributed by atoms with E-state index in [9.17, 15) is 14.0 Å². The number of nitrogens with zero attached hydrogens (tertiary/aromatic N) is 1. The minimum atomic E-state index is -0.588. The molecule has 0 saturated carbocycles. The molecular weight excluding hydrogens is 407 g/mol. The van der Waals surface area contributed by atoms with Crippen LogP contribution in [0.4, 0.5) is 10.1 Å². The van der Waals surface area contributed by atoms with Crippen LogP contribution < -0.4 is 10.1 Å². The third-order valence-corrected chi connectivity index (χ3v) is 5.43. The van der Waals surface area contributed by atoms with Crippen molar-refractivity contribution in [2.24, 2.45) is 0 Å². The number of halogens is 1. The molecule has 4 rings (SSSR count). The normalized spacial score (nSPS) is 15.5. The quantitative estimate of drug-likeness (QED) is 0.614. The highest BCUT2D eigenvalue weighted by molar-refractivity contribution is 5.92. The van der Waals surface area contributed by atoms with Crippen LogP contribution in [0.25, 0.3) is 0 Å². The van der Waals surface area contributed by atoms with Crippen LogP contribution >= 0.6 is 0 Å². The second-order valence-corrected chi connectivity index (χ2v) is 7.87. The molecule has 3 aromatic rings. The minimum Gasteiger partial charge on any atom is -0.480 e. The van der Waals surface area contributed by atoms with Gasteiger partial charge < -0.3 is 15.0 Å². The van der Waals surface area contributed by atoms with E-state index < -0.39 is 6.10 Å². The van der Waals surface area contributed by atoms with E-state index in [-0.39, 0.29) is 24.1 Å². The van der Waals surface area contributed by atoms with Gasteiger partial charge in [0.1, 0.15) is 11.6 Å². The number of amides is 2. The molecule has 0 radical (unpaired) electrons. The highest BCUT2D eigenvalue weighted by atomic mass is 19.1. The van der Waals surface area contributed by atoms with Gasteiger partial charge in [-0.1, -0.05) is 49.4 Å². The van der Waals surface area contributed by atoms with Crippen LogP contribution in [0, 0.1) is 5.82 Å². The number of carbonyl (C=O) groups excluding carboxylic acids is 2. The minimum absolute atomic E-state index is 0.109. The van der Waals surface area contributed by atoms with E-state index >= 15 is 0 Å². The van der Waals surface area contributed by atoms with E-state index in [2.05, 4.69) is 5.32 Å². The highest BCUT2D eigenvalue weighted by Gasteiger charge is 2.30. The van der Waals surface area contributed by atoms with Crippen molar-refractivity contribution in [3.8, 4) is 5.75 Å². The Bertz CT molecular complexity index is 1100. The molecule has 0 saturated heterocycles. The maximum Gasteiger partial charge on any atom is 0.264 e. The van der Waals surface area contributed by atoms with E-state index in [0.29, 0.717) is 30.9 Å². The molecular formula is C26H25FN2O3. The van der Waals surface area contributed by atoms with Gasteiger partial charge in [-0.15, -0.1) is 0 Å². The first kappa shape index (κ1) is 21.6. The largest absolute Gasteiger partial charge is 0.480 e. The lowest BCUT2D eigenvalue weighted by Gasteiger charge is -2.23. The summed E-state index contributed by atoms with van der Waals surface area (Å²) in [5.41, 5.74) is 3.24. The highest BCUT2D eigenvalue weighted by Crippen LogP contribution is 2.30. The molecule has 0 fully saturated rings. The molecule has 0 aromatic heterocycles. The maximum atomic E-state index is 13.3. The average Bonchev–Trinajstić information content (AvgIpc) is 2.92. The number of nitrogens with one attached hydrogen (secondary N) is 1. The monoisotopic (exact) mass is 432 g/mol. The summed E-state index contributed by atoms with van der Waals surface area (Å²) in [5, 5.41) is 2.93. The van der Waals surface area contributed by atoms with Crippen LogP contribution in [0.5, 0.6) is 5.75 Å². The molecule has 1 heterocycles. The van der Waals surface area contributed by atoms with Crippen LogP contribution in [0.15, 0.2) is 72.8 Å². The van der Waals surface area contributed by atoms with Crippen molar-refractivity contribution in [1.82, 2.24) is 4.90 Å². The summed E-state index contributed by atoms with van der Waals surface area (Å²) in [6.07, 6.45) is 0.227. The molecule has 0 aliphatic carbocycles. The fourth-order valence-corrected chi connectivity index (χ4v) is 3.78. The third-order valence-electron chi connectivity index (χ3n) is 5.43. The zero-order valence-electron chi connectivity index (χ0n) is 17.9. The van der Waals surface area contributed by atoms with E-state index in [1.165, 1.54) is 12.1 Å². The Balaban J connectivity index is 1.53. The number of benzene rings is 3. The Labute approximate surface area is 186 Å². The van der Waals surface area contributed by atoms with Crippen LogP contribution in [-0.4, -0.2) is 22.8 Å². The number of fused-ring (bicyclic) bond motifs is 1. The van der Waals surface area contributed by atoms with Gasteiger partial charge in [0.05, 0.1) is 6.42 Å². The molecule has 0 spiro atoms. The van der Waals surface area contributed by atoms with Gasteiger partial charge in [-0.05, 0) is 47.9 Å². The van der Waals surface area contributed by atoms with Gasteiger partial charge in [0.2, 0.25) is 5.91 Å². The Morgan fingerprint density at radius 2 is 1.81 bits per heavy atom. The van der Waals surface area contributed by atoms with Gasteiger partial charge in [-0.25, -0.2) is 4.39 Å². The van der Waals surface area contributed by atoms with Crippen molar-refractivity contribution in [3.05, 3.63) is 95.3 Å². The van der Waals surface area contributed by atoms with Crippen molar-refractivity contribution in [2.45, 2.75) is 39.0 Å². The fraction of sp³-hybridized carbons (Fsp3) is 0.231. The van der Waals surface area contributed by atoms with Crippen molar-refractivity contribution in [2.75, 3.05) is 5.32 Å². The number of ether oxygens (including phenoxy) is 1. The molecule has 2 amide bonds. The van der Waals surface area contributed by atoms with Crippen LogP contribution in [0.3, 0.4) is 0 Å². The molecule has 6 heteroatoms. The summed E-state index contributed by atoms with van der Waals surface area (Å²) >= 11 is 0. The Hall–Kier alpha value is -3.67. The Morgan fingerprint density at radius 1 is 1.06 bits per heavy atom. The predicted molar refractivity (Wildman–Crippen MR) is 121 cm³/mol. The Kier molecular flexibility index (Phi) is 6.50. The van der Waals surface area contributed by atoms with Crippen molar-refractivity contribution in [1.29, 1.82) is 0 Å². The molecule has 0 bridgehead atoms. The molecule has 164 valence electrons. The molecule has 5 nitrogen and oxygen atoms in total. The second-order valence-electron chi connectivity index (χ2n) is 7.87. The van der Waals surface area contributed by atoms with E-state index in [1.807, 2.05) is 43.3 Å². The lowest BCUT2D eigenvalue weighted by Crippen LogP contribution is -2.38. The summed E-state index contributed by atoms with van der Waals surface area (Å²) in [5.74, 6) is 0.0962. The number of hydrogen-bond acceptors (Lipinski definition) is 3. The average molecular weight is 432 g/mol. The number of rotatable bonds is 6. The predicted octanol–water partition coefficient (Wildman–Crippen LogP) is 4.71. The van der Waals surface area contributed by atoms with Gasteiger partial charge in [-0.2, -0.15) is 0 Å². The van der Waals surface area contributed by atoms with E-state index in [1.54, 1.807) is 29.2 Å². The molecule has 1 aliphatic rings. The second kappa shape index (κ2) is 9.64. The van der Waals surface area contributed by atoms with Gasteiger partial charge in [0.25, 0.3) is 5.91 Å². The summed E-state index contributed by atoms with van der Waals surface area (Å²) in [4.78, 5) is 27.2. The first-order valence-electron chi connectivity index (χ1n) is 10.7. The number of hydrogen-bond donors (Lipinski definition) is 1. The van der Waals surface area contributed by atoms with Gasteiger partial charge >= 0.3 is 0 Å². The van der Waals surface area contributed by atoms with Gasteiger partial charge in [-0.3, -0.25) is 9.59 Å². The van der Waals surface area contributed by atoms with E-state index in [0.717, 1.165) is 16.7 Å². The molecule has 1 aliphatic heterocycles. The van der Waals surface area contributed by atoms with Crippen molar-refractivity contribution in [3.63, 3.8) is 0 Å². The zero-order valence-corrected chi connectivity index (χ0v) is 17.9. The maximum absolute atomic E-state index is 13.3. The summed E-state index contributed by atoms with van der Waals surface area (Å²) < 4.78 is 19.3. The number of carbonyl (C=O) groups is 2. The standard InChI is InChI=1S/C26H25FN2O3/c1-2-23-26(31)29(16-19-8-10-21(27)11-9-19)17-20-15-22(12-13-24(20)32-23)28-25(30)14-18-6-4-3-5-7-18/h3-13,15,23H,2,14,16-17H2,1H3,(H,28,30). The Morgan fingerprint density at radius 3 is 2.53 bits per heavy atom. The summed E-state index contributed by atoms with van der Waals surface area (Å²) in [7, 11) is 0. The van der Waals surface area contributed by atoms with Crippen LogP contribution in [0.1, 0.15) is 30.0 Å². The van der Waals surface area contributed by atoms with Crippen molar-refractivity contribution < 1.29 is 18.7 Å². The SMILES string of the molecule is CCC1Oc2ccc(NC(=O)Cc3ccccc3)cc2CN(Cc2ccc(F)cc2)C1=O. The molecule has 1 unspecified atom stereocenters. The van der Waals surface area contributed by atoms with Crippen LogP contribution in [0.2, 0.25) is 0 Å². The summed E-state index contributed by atoms with van der Waals surface area (Å²) in [6.45, 7) is 2.59. The van der Waals surface area contributed by atoms with Gasteiger partial charge in [0, 0.05) is 24.3 Å². The lowest BCUT2D eigenvalue weighted by molar-refractivity contribution is -0.139. The molecule has 1 atom stereocenters. The molecule has 3 aromatic carbocycles. The molecule has 32 heavy (non-hydrogen) atoms. The first-order chi connectivity index (χ1) is 15.5. The smallest absolute Gasteiger partial charge is 0.264 e. The van der Waals surface area contributed by atoms with Crippen molar-refractivity contribution >= 4 is 17.5 Å². The first-order valence-corrected chi connectivity index (χ1v) is 10.7. The fourth-order valence-electron chi connectivity index (χ4n) is 3.78. The lowest BCUT2D eigenvalue weighted by atomic mass is 10.1. The summed E-state index contributed by atoms with van der Waals surface area (Å²) in [6, 6.07) is 21.1. The van der Waals surface area contributed by atoms with Crippen LogP contribution in [-0.2, 0) is 29.1 Å². The van der Waals surface area contributed by atoms with Gasteiger partial charge in [0.15, 0.2) is 6.10 Å². The number of anilines is 1. The topological polar surface area (TPSA) is 58.6 Å².